The molecule has 0 atom stereocenters. The summed E-state index contributed by atoms with van der Waals surface area (Å²) in [6, 6.07) is 12.7. The number of aryl methyl sites for hydroxylation is 2. The van der Waals surface area contributed by atoms with Gasteiger partial charge in [0.05, 0.1) is 27.5 Å². The number of hydrogen-bond acceptors (Lipinski definition) is 5. The minimum absolute atomic E-state index is 0.149. The van der Waals surface area contributed by atoms with Crippen molar-refractivity contribution in [2.75, 3.05) is 10.5 Å². The summed E-state index contributed by atoms with van der Waals surface area (Å²) in [7, 11) is -4.04. The van der Waals surface area contributed by atoms with Gasteiger partial charge >= 0.3 is 0 Å². The number of hydrogen-bond donors (Lipinski definition) is 2. The van der Waals surface area contributed by atoms with E-state index in [2.05, 4.69) is 14.8 Å². The summed E-state index contributed by atoms with van der Waals surface area (Å²) in [5.41, 5.74) is 8.88. The number of unbranched alkanes of at least 4 members (excludes halogenated alkanes) is 1. The van der Waals surface area contributed by atoms with Gasteiger partial charge in [0.2, 0.25) is 0 Å². The molecule has 166 valence electrons. The van der Waals surface area contributed by atoms with Crippen LogP contribution in [0.5, 0.6) is 0 Å². The summed E-state index contributed by atoms with van der Waals surface area (Å²) in [6.07, 6.45) is 3.98. The lowest BCUT2D eigenvalue weighted by atomic mass is 10.1. The van der Waals surface area contributed by atoms with Gasteiger partial charge < -0.3 is 5.73 Å². The molecule has 0 saturated heterocycles. The van der Waals surface area contributed by atoms with Crippen LogP contribution < -0.4 is 10.5 Å². The second-order valence-corrected chi connectivity index (χ2v) is 9.30. The first-order valence-electron chi connectivity index (χ1n) is 10.3. The molecule has 32 heavy (non-hydrogen) atoms. The Hall–Kier alpha value is -3.46. The van der Waals surface area contributed by atoms with Gasteiger partial charge in [-0.2, -0.15) is 5.10 Å². The topological polar surface area (TPSA) is 103 Å². The molecular formula is C23H24FN5O2S. The highest BCUT2D eigenvalue weighted by Crippen LogP contribution is 2.29. The summed E-state index contributed by atoms with van der Waals surface area (Å²) < 4.78 is 44.6. The Morgan fingerprint density at radius 3 is 2.72 bits per heavy atom. The third-order valence-electron chi connectivity index (χ3n) is 5.21. The molecule has 9 heteroatoms. The molecule has 0 fully saturated rings. The van der Waals surface area contributed by atoms with Crippen LogP contribution in [0.25, 0.3) is 16.6 Å². The predicted octanol–water partition coefficient (Wildman–Crippen LogP) is 4.59. The smallest absolute Gasteiger partial charge is 0.263 e. The number of anilines is 2. The van der Waals surface area contributed by atoms with Crippen molar-refractivity contribution in [3.63, 3.8) is 0 Å². The molecule has 4 rings (SSSR count). The van der Waals surface area contributed by atoms with Gasteiger partial charge in [-0.05, 0) is 61.7 Å². The molecule has 0 aliphatic heterocycles. The zero-order chi connectivity index (χ0) is 22.9. The Kier molecular flexibility index (Phi) is 5.84. The zero-order valence-electron chi connectivity index (χ0n) is 17.8. The summed E-state index contributed by atoms with van der Waals surface area (Å²) in [5.74, 6) is -0.297. The van der Waals surface area contributed by atoms with Crippen molar-refractivity contribution in [3.05, 3.63) is 71.8 Å². The molecule has 0 unspecified atom stereocenters. The molecule has 4 aromatic rings. The molecule has 2 aromatic carbocycles. The molecule has 0 aliphatic carbocycles. The number of sulfonamides is 1. The van der Waals surface area contributed by atoms with E-state index in [-0.39, 0.29) is 10.7 Å². The summed E-state index contributed by atoms with van der Waals surface area (Å²) in [4.78, 5) is 4.17. The van der Waals surface area contributed by atoms with Crippen molar-refractivity contribution >= 4 is 32.4 Å². The lowest BCUT2D eigenvalue weighted by molar-refractivity contribution is 0.587. The van der Waals surface area contributed by atoms with Crippen molar-refractivity contribution in [2.24, 2.45) is 0 Å². The third kappa shape index (κ3) is 4.16. The van der Waals surface area contributed by atoms with Crippen LogP contribution in [0.3, 0.4) is 0 Å². The zero-order valence-corrected chi connectivity index (χ0v) is 18.7. The van der Waals surface area contributed by atoms with Gasteiger partial charge in [-0.25, -0.2) is 17.5 Å². The molecule has 7 nitrogen and oxygen atoms in total. The Bertz CT molecular complexity index is 1400. The Balaban J connectivity index is 1.73. The molecule has 0 spiro atoms. The molecule has 0 saturated carbocycles. The van der Waals surface area contributed by atoms with Crippen molar-refractivity contribution in [1.82, 2.24) is 14.8 Å². The summed E-state index contributed by atoms with van der Waals surface area (Å²) in [6.45, 7) is 3.78. The highest BCUT2D eigenvalue weighted by atomic mass is 32.2. The van der Waals surface area contributed by atoms with Crippen LogP contribution in [0.4, 0.5) is 15.9 Å². The van der Waals surface area contributed by atoms with E-state index in [1.165, 1.54) is 16.8 Å². The summed E-state index contributed by atoms with van der Waals surface area (Å²) in [5, 5.41) is 5.18. The van der Waals surface area contributed by atoms with Crippen LogP contribution >= 0.6 is 0 Å². The van der Waals surface area contributed by atoms with E-state index >= 15 is 0 Å². The van der Waals surface area contributed by atoms with Crippen LogP contribution in [-0.2, 0) is 16.4 Å². The van der Waals surface area contributed by atoms with E-state index in [9.17, 15) is 12.8 Å². The van der Waals surface area contributed by atoms with Gasteiger partial charge in [0.25, 0.3) is 10.0 Å². The van der Waals surface area contributed by atoms with Gasteiger partial charge in [-0.15, -0.1) is 0 Å². The van der Waals surface area contributed by atoms with Gasteiger partial charge in [-0.3, -0.25) is 9.71 Å². The van der Waals surface area contributed by atoms with Crippen LogP contribution in [0.2, 0.25) is 0 Å². The third-order valence-corrected chi connectivity index (χ3v) is 6.56. The molecule has 3 N–H and O–H groups in total. The number of aromatic nitrogens is 3. The van der Waals surface area contributed by atoms with E-state index < -0.39 is 15.8 Å². The fourth-order valence-electron chi connectivity index (χ4n) is 3.58. The highest BCUT2D eigenvalue weighted by molar-refractivity contribution is 7.92. The minimum atomic E-state index is -4.04. The average Bonchev–Trinajstić information content (AvgIpc) is 3.12. The van der Waals surface area contributed by atoms with Crippen LogP contribution in [0.1, 0.15) is 31.0 Å². The highest BCUT2D eigenvalue weighted by Gasteiger charge is 2.21. The Labute approximate surface area is 186 Å². The Morgan fingerprint density at radius 1 is 1.16 bits per heavy atom. The SMILES string of the molecule is CCCCc1ccc(S(=O)(=O)Nc2cc(C)nn2-c2ccc(N)c3ncccc23)cc1F. The average molecular weight is 454 g/mol. The maximum Gasteiger partial charge on any atom is 0.263 e. The number of benzene rings is 2. The number of nitrogens with one attached hydrogen (secondary N) is 1. The first kappa shape index (κ1) is 21.8. The lowest BCUT2D eigenvalue weighted by Crippen LogP contribution is -2.16. The van der Waals surface area contributed by atoms with Gasteiger partial charge in [-0.1, -0.05) is 19.4 Å². The normalized spacial score (nSPS) is 11.7. The van der Waals surface area contributed by atoms with E-state index in [0.717, 1.165) is 24.3 Å². The maximum atomic E-state index is 14.5. The molecule has 2 aromatic heterocycles. The molecule has 0 radical (unpaired) electrons. The van der Waals surface area contributed by atoms with Gasteiger partial charge in [0, 0.05) is 17.6 Å². The number of nitrogens with two attached hydrogens (primary N) is 1. The van der Waals surface area contributed by atoms with E-state index in [4.69, 9.17) is 5.73 Å². The largest absolute Gasteiger partial charge is 0.397 e. The monoisotopic (exact) mass is 453 g/mol. The van der Waals surface area contributed by atoms with E-state index in [1.54, 1.807) is 37.4 Å². The second-order valence-electron chi connectivity index (χ2n) is 7.62. The van der Waals surface area contributed by atoms with E-state index in [0.29, 0.717) is 34.6 Å². The number of halogens is 1. The number of rotatable bonds is 7. The quantitative estimate of drug-likeness (QED) is 0.398. The summed E-state index contributed by atoms with van der Waals surface area (Å²) >= 11 is 0. The lowest BCUT2D eigenvalue weighted by Gasteiger charge is -2.13. The molecule has 0 aliphatic rings. The molecule has 0 amide bonds. The van der Waals surface area contributed by atoms with Crippen LogP contribution in [-0.4, -0.2) is 23.2 Å². The van der Waals surface area contributed by atoms with E-state index in [1.807, 2.05) is 13.0 Å². The molecular weight excluding hydrogens is 429 g/mol. The number of pyridine rings is 1. The first-order valence-corrected chi connectivity index (χ1v) is 11.8. The van der Waals surface area contributed by atoms with Crippen molar-refractivity contribution < 1.29 is 12.8 Å². The second kappa shape index (κ2) is 8.58. The van der Waals surface area contributed by atoms with Crippen molar-refractivity contribution in [2.45, 2.75) is 38.0 Å². The van der Waals surface area contributed by atoms with Crippen LogP contribution in [0, 0.1) is 12.7 Å². The van der Waals surface area contributed by atoms with Crippen molar-refractivity contribution in [3.8, 4) is 5.69 Å². The van der Waals surface area contributed by atoms with Gasteiger partial charge in [0.15, 0.2) is 0 Å². The first-order chi connectivity index (χ1) is 15.3. The fourth-order valence-corrected chi connectivity index (χ4v) is 4.63. The Morgan fingerprint density at radius 2 is 1.97 bits per heavy atom. The standard InChI is InChI=1S/C23H24FN5O2S/c1-3-4-6-16-8-9-17(14-19(16)24)32(30,31)28-22-13-15(2)27-29(22)21-11-10-20(25)23-18(21)7-5-12-26-23/h5,7-14,28H,3-4,6,25H2,1-2H3. The fraction of sp³-hybridized carbons (Fsp3) is 0.217. The van der Waals surface area contributed by atoms with Gasteiger partial charge in [0.1, 0.15) is 11.6 Å². The molecule has 0 bridgehead atoms. The predicted molar refractivity (Wildman–Crippen MR) is 124 cm³/mol. The number of nitrogen functional groups attached to an aromatic ring is 1. The number of nitrogens with zero attached hydrogens (tertiary/aromatic N) is 3. The van der Waals surface area contributed by atoms with Crippen molar-refractivity contribution in [1.29, 1.82) is 0 Å². The minimum Gasteiger partial charge on any atom is -0.397 e. The molecule has 2 heterocycles. The van der Waals surface area contributed by atoms with Crippen LogP contribution in [0.15, 0.2) is 59.6 Å². The number of fused-ring (bicyclic) bond motifs is 1. The maximum absolute atomic E-state index is 14.5.